The maximum atomic E-state index is 10.6. The minimum atomic E-state index is -0.738. The van der Waals surface area contributed by atoms with E-state index in [0.29, 0.717) is 6.54 Å². The number of carbonyl (C=O) groups is 1. The van der Waals surface area contributed by atoms with E-state index in [-0.39, 0.29) is 6.42 Å². The fraction of sp³-hybridized carbons (Fsp3) is 0.667. The third kappa shape index (κ3) is 3.36. The van der Waals surface area contributed by atoms with Crippen LogP contribution in [0.3, 0.4) is 0 Å². The van der Waals surface area contributed by atoms with E-state index in [4.69, 9.17) is 5.11 Å². The summed E-state index contributed by atoms with van der Waals surface area (Å²) in [5.74, 6) is 0.504. The Morgan fingerprint density at radius 1 is 1.44 bits per heavy atom. The standard InChI is InChI=1S/C12H20N2O2/c1-3-5-11-13(7-4-2)9-10-14(11)8-6-12(15)16/h9-10H,3-8H2,1-2H3/p+1. The number of aliphatic carboxylic acids is 1. The number of carboxylic acid groups (broad SMARTS) is 1. The van der Waals surface area contributed by atoms with E-state index in [9.17, 15) is 4.79 Å². The molecule has 0 aliphatic carbocycles. The van der Waals surface area contributed by atoms with E-state index in [1.165, 1.54) is 5.82 Å². The lowest BCUT2D eigenvalue weighted by molar-refractivity contribution is -0.703. The Bertz CT molecular complexity index is 345. The fourth-order valence-corrected chi connectivity index (χ4v) is 1.87. The molecule has 16 heavy (non-hydrogen) atoms. The molecule has 0 spiro atoms. The lowest BCUT2D eigenvalue weighted by Crippen LogP contribution is -2.37. The zero-order valence-electron chi connectivity index (χ0n) is 10.1. The average molecular weight is 225 g/mol. The van der Waals surface area contributed by atoms with Crippen LogP contribution < -0.4 is 4.57 Å². The molecule has 90 valence electrons. The third-order valence-electron chi connectivity index (χ3n) is 2.59. The first-order valence-corrected chi connectivity index (χ1v) is 5.98. The topological polar surface area (TPSA) is 46.1 Å². The Morgan fingerprint density at radius 3 is 2.75 bits per heavy atom. The van der Waals surface area contributed by atoms with Gasteiger partial charge in [-0.05, 0) is 12.8 Å². The van der Waals surface area contributed by atoms with Crippen LogP contribution in [0.15, 0.2) is 12.4 Å². The van der Waals surface area contributed by atoms with Gasteiger partial charge in [-0.2, -0.15) is 0 Å². The second-order valence-corrected chi connectivity index (χ2v) is 3.99. The molecular weight excluding hydrogens is 204 g/mol. The van der Waals surface area contributed by atoms with Gasteiger partial charge < -0.3 is 5.11 Å². The van der Waals surface area contributed by atoms with Gasteiger partial charge in [0, 0.05) is 6.42 Å². The van der Waals surface area contributed by atoms with E-state index >= 15 is 0 Å². The molecule has 0 aliphatic heterocycles. The molecule has 0 radical (unpaired) electrons. The van der Waals surface area contributed by atoms with Gasteiger partial charge in [0.1, 0.15) is 18.9 Å². The maximum Gasteiger partial charge on any atom is 0.307 e. The molecular formula is C12H21N2O2+. The number of aromatic nitrogens is 2. The number of rotatable bonds is 7. The molecule has 0 amide bonds. The molecule has 4 heteroatoms. The number of imidazole rings is 1. The Morgan fingerprint density at radius 2 is 2.19 bits per heavy atom. The highest BCUT2D eigenvalue weighted by atomic mass is 16.4. The molecule has 0 fully saturated rings. The van der Waals surface area contributed by atoms with Crippen LogP contribution >= 0.6 is 0 Å². The SMILES string of the molecule is CCCc1n(CCC(=O)O)cc[n+]1CCC. The monoisotopic (exact) mass is 225 g/mol. The molecule has 1 heterocycles. The number of aryl methyl sites for hydroxylation is 2. The molecule has 0 atom stereocenters. The summed E-state index contributed by atoms with van der Waals surface area (Å²) in [6.07, 6.45) is 7.43. The lowest BCUT2D eigenvalue weighted by atomic mass is 10.3. The lowest BCUT2D eigenvalue weighted by Gasteiger charge is -2.02. The van der Waals surface area contributed by atoms with Crippen molar-refractivity contribution in [1.29, 1.82) is 0 Å². The zero-order chi connectivity index (χ0) is 12.0. The first-order valence-electron chi connectivity index (χ1n) is 5.98. The van der Waals surface area contributed by atoms with Crippen LogP contribution in [-0.4, -0.2) is 15.6 Å². The van der Waals surface area contributed by atoms with Gasteiger partial charge in [0.2, 0.25) is 0 Å². The number of hydrogen-bond donors (Lipinski definition) is 1. The Hall–Kier alpha value is -1.32. The molecule has 0 saturated heterocycles. The van der Waals surface area contributed by atoms with Crippen molar-refractivity contribution in [1.82, 2.24) is 4.57 Å². The summed E-state index contributed by atoms with van der Waals surface area (Å²) in [5, 5.41) is 8.69. The van der Waals surface area contributed by atoms with Crippen molar-refractivity contribution in [2.75, 3.05) is 0 Å². The molecule has 1 N–H and O–H groups in total. The minimum absolute atomic E-state index is 0.192. The van der Waals surface area contributed by atoms with Gasteiger partial charge in [-0.25, -0.2) is 9.13 Å². The molecule has 0 aliphatic rings. The molecule has 1 aromatic rings. The fourth-order valence-electron chi connectivity index (χ4n) is 1.87. The van der Waals surface area contributed by atoms with Gasteiger partial charge in [-0.15, -0.1) is 0 Å². The van der Waals surface area contributed by atoms with E-state index in [2.05, 4.69) is 29.2 Å². The van der Waals surface area contributed by atoms with E-state index < -0.39 is 5.97 Å². The van der Waals surface area contributed by atoms with Gasteiger partial charge in [0.05, 0.1) is 13.0 Å². The van der Waals surface area contributed by atoms with Crippen LogP contribution in [-0.2, 0) is 24.3 Å². The van der Waals surface area contributed by atoms with Crippen molar-refractivity contribution in [3.05, 3.63) is 18.2 Å². The van der Waals surface area contributed by atoms with Crippen LogP contribution in [0, 0.1) is 0 Å². The van der Waals surface area contributed by atoms with Gasteiger partial charge in [0.15, 0.2) is 0 Å². The normalized spacial score (nSPS) is 10.6. The Balaban J connectivity index is 2.77. The predicted molar refractivity (Wildman–Crippen MR) is 61.2 cm³/mol. The van der Waals surface area contributed by atoms with Crippen molar-refractivity contribution < 1.29 is 14.5 Å². The summed E-state index contributed by atoms with van der Waals surface area (Å²) >= 11 is 0. The molecule has 0 saturated carbocycles. The van der Waals surface area contributed by atoms with Crippen molar-refractivity contribution in [3.63, 3.8) is 0 Å². The maximum absolute atomic E-state index is 10.6. The molecule has 0 bridgehead atoms. The zero-order valence-corrected chi connectivity index (χ0v) is 10.1. The van der Waals surface area contributed by atoms with Crippen LogP contribution in [0.1, 0.15) is 38.9 Å². The predicted octanol–water partition coefficient (Wildman–Crippen LogP) is 1.61. The Labute approximate surface area is 96.5 Å². The number of carboxylic acids is 1. The number of hydrogen-bond acceptors (Lipinski definition) is 1. The van der Waals surface area contributed by atoms with Crippen LogP contribution in [0.25, 0.3) is 0 Å². The Kier molecular flexibility index (Phi) is 5.02. The van der Waals surface area contributed by atoms with Gasteiger partial charge in [0.25, 0.3) is 5.82 Å². The molecule has 0 unspecified atom stereocenters. The van der Waals surface area contributed by atoms with Gasteiger partial charge in [-0.3, -0.25) is 4.79 Å². The van der Waals surface area contributed by atoms with E-state index in [1.807, 2.05) is 6.20 Å². The quantitative estimate of drug-likeness (QED) is 0.717. The molecule has 1 aromatic heterocycles. The summed E-state index contributed by atoms with van der Waals surface area (Å²) in [6, 6.07) is 0. The van der Waals surface area contributed by atoms with E-state index in [1.54, 1.807) is 0 Å². The third-order valence-corrected chi connectivity index (χ3v) is 2.59. The summed E-state index contributed by atoms with van der Waals surface area (Å²) in [6.45, 7) is 5.87. The van der Waals surface area contributed by atoms with Crippen molar-refractivity contribution >= 4 is 5.97 Å². The van der Waals surface area contributed by atoms with E-state index in [0.717, 1.165) is 25.8 Å². The van der Waals surface area contributed by atoms with Crippen molar-refractivity contribution in [2.24, 2.45) is 0 Å². The van der Waals surface area contributed by atoms with Crippen LogP contribution in [0.4, 0.5) is 0 Å². The smallest absolute Gasteiger partial charge is 0.307 e. The summed E-state index contributed by atoms with van der Waals surface area (Å²) in [4.78, 5) is 10.6. The number of nitrogens with zero attached hydrogens (tertiary/aromatic N) is 2. The summed E-state index contributed by atoms with van der Waals surface area (Å²) < 4.78 is 4.29. The largest absolute Gasteiger partial charge is 0.481 e. The average Bonchev–Trinajstić information content (AvgIpc) is 2.60. The molecule has 0 aromatic carbocycles. The highest BCUT2D eigenvalue weighted by Crippen LogP contribution is 2.02. The molecule has 4 nitrogen and oxygen atoms in total. The van der Waals surface area contributed by atoms with Crippen LogP contribution in [0.2, 0.25) is 0 Å². The molecule has 1 rings (SSSR count). The summed E-state index contributed by atoms with van der Waals surface area (Å²) in [5.41, 5.74) is 0. The first-order chi connectivity index (χ1) is 7.69. The van der Waals surface area contributed by atoms with Gasteiger partial charge in [-0.1, -0.05) is 13.8 Å². The highest BCUT2D eigenvalue weighted by Gasteiger charge is 2.15. The minimum Gasteiger partial charge on any atom is -0.481 e. The first kappa shape index (κ1) is 12.7. The van der Waals surface area contributed by atoms with Crippen LogP contribution in [0.5, 0.6) is 0 Å². The highest BCUT2D eigenvalue weighted by molar-refractivity contribution is 5.66. The van der Waals surface area contributed by atoms with Crippen molar-refractivity contribution in [3.8, 4) is 0 Å². The van der Waals surface area contributed by atoms with Gasteiger partial charge >= 0.3 is 5.97 Å². The second-order valence-electron chi connectivity index (χ2n) is 3.99. The van der Waals surface area contributed by atoms with Crippen molar-refractivity contribution in [2.45, 2.75) is 52.6 Å². The summed E-state index contributed by atoms with van der Waals surface area (Å²) in [7, 11) is 0. The second kappa shape index (κ2) is 6.30.